The van der Waals surface area contributed by atoms with E-state index in [1.54, 1.807) is 55.5 Å². The lowest BCUT2D eigenvalue weighted by molar-refractivity contribution is -0.384. The number of carbonyl (C=O) groups excluding carboxylic acids is 3. The number of nitro groups is 1. The van der Waals surface area contributed by atoms with Crippen LogP contribution in [0.4, 0.5) is 16.2 Å². The third-order valence-electron chi connectivity index (χ3n) is 5.51. The molecule has 1 heterocycles. The second kappa shape index (κ2) is 13.0. The number of anilines is 1. The Labute approximate surface area is 246 Å². The van der Waals surface area contributed by atoms with E-state index in [0.29, 0.717) is 38.9 Å². The molecule has 13 heteroatoms. The Balaban J connectivity index is 1.48. The minimum absolute atomic E-state index is 0.0171. The smallest absolute Gasteiger partial charge is 0.294 e. The van der Waals surface area contributed by atoms with Crippen LogP contribution in [0.15, 0.2) is 70.0 Å². The van der Waals surface area contributed by atoms with Gasteiger partial charge < -0.3 is 14.8 Å². The van der Waals surface area contributed by atoms with Gasteiger partial charge in [0.05, 0.1) is 27.1 Å². The molecule has 40 heavy (non-hydrogen) atoms. The predicted molar refractivity (Wildman–Crippen MR) is 155 cm³/mol. The van der Waals surface area contributed by atoms with E-state index in [1.165, 1.54) is 18.2 Å². The van der Waals surface area contributed by atoms with E-state index in [4.69, 9.17) is 21.1 Å². The van der Waals surface area contributed by atoms with Crippen LogP contribution in [-0.2, 0) is 16.2 Å². The minimum atomic E-state index is -0.604. The average molecular weight is 647 g/mol. The fourth-order valence-corrected chi connectivity index (χ4v) is 5.04. The highest BCUT2D eigenvalue weighted by Gasteiger charge is 2.36. The molecule has 0 aromatic heterocycles. The van der Waals surface area contributed by atoms with Crippen molar-refractivity contribution in [1.82, 2.24) is 4.90 Å². The van der Waals surface area contributed by atoms with E-state index in [1.807, 2.05) is 0 Å². The number of hydrogen-bond acceptors (Lipinski definition) is 8. The number of nitro benzene ring substituents is 1. The van der Waals surface area contributed by atoms with Crippen molar-refractivity contribution in [3.63, 3.8) is 0 Å². The molecule has 3 amide bonds. The second-order valence-electron chi connectivity index (χ2n) is 8.26. The lowest BCUT2D eigenvalue weighted by Gasteiger charge is -2.14. The van der Waals surface area contributed by atoms with E-state index < -0.39 is 28.5 Å². The van der Waals surface area contributed by atoms with Gasteiger partial charge in [0.15, 0.2) is 11.5 Å². The van der Waals surface area contributed by atoms with Crippen molar-refractivity contribution in [3.8, 4) is 11.5 Å². The molecule has 0 bridgehead atoms. The van der Waals surface area contributed by atoms with Crippen LogP contribution < -0.4 is 14.8 Å². The van der Waals surface area contributed by atoms with Crippen molar-refractivity contribution in [2.24, 2.45) is 0 Å². The Morgan fingerprint density at radius 2 is 1.82 bits per heavy atom. The lowest BCUT2D eigenvalue weighted by Crippen LogP contribution is -2.36. The van der Waals surface area contributed by atoms with Crippen molar-refractivity contribution in [2.75, 3.05) is 18.5 Å². The Hall–Kier alpha value is -3.87. The number of benzene rings is 3. The number of ether oxygens (including phenoxy) is 2. The molecule has 1 aliphatic heterocycles. The van der Waals surface area contributed by atoms with Gasteiger partial charge in [0.2, 0.25) is 5.91 Å². The maximum absolute atomic E-state index is 13.0. The standard InChI is InChI=1S/C27H21BrClN3O7S/c1-2-38-22-11-17(19(28)13-23(22)39-15-16-7-9-18(10-8-16)32(36)37)12-24-26(34)31(27(35)40-24)14-25(33)30-21-6-4-3-5-20(21)29/h3-13H,2,14-15H2,1H3,(H,30,33)/b24-12+. The first-order chi connectivity index (χ1) is 19.2. The topological polar surface area (TPSA) is 128 Å². The lowest BCUT2D eigenvalue weighted by atomic mass is 10.1. The zero-order chi connectivity index (χ0) is 28.8. The number of carbonyl (C=O) groups is 3. The Kier molecular flexibility index (Phi) is 9.46. The summed E-state index contributed by atoms with van der Waals surface area (Å²) in [6.07, 6.45) is 1.53. The van der Waals surface area contributed by atoms with E-state index in [9.17, 15) is 24.5 Å². The number of para-hydroxylation sites is 1. The summed E-state index contributed by atoms with van der Waals surface area (Å²) in [6.45, 7) is 1.82. The molecule has 4 rings (SSSR count). The first kappa shape index (κ1) is 29.1. The molecule has 10 nitrogen and oxygen atoms in total. The Morgan fingerprint density at radius 3 is 2.50 bits per heavy atom. The molecule has 0 atom stereocenters. The van der Waals surface area contributed by atoms with Gasteiger partial charge in [-0.3, -0.25) is 29.4 Å². The zero-order valence-electron chi connectivity index (χ0n) is 20.9. The van der Waals surface area contributed by atoms with Gasteiger partial charge in [0.1, 0.15) is 13.2 Å². The summed E-state index contributed by atoms with van der Waals surface area (Å²) in [4.78, 5) is 49.4. The summed E-state index contributed by atoms with van der Waals surface area (Å²) in [7, 11) is 0. The Morgan fingerprint density at radius 1 is 1.12 bits per heavy atom. The molecule has 1 fully saturated rings. The summed E-state index contributed by atoms with van der Waals surface area (Å²) < 4.78 is 12.2. The van der Waals surface area contributed by atoms with Crippen LogP contribution in [-0.4, -0.2) is 40.0 Å². The molecule has 0 unspecified atom stereocenters. The number of hydrogen-bond donors (Lipinski definition) is 1. The highest BCUT2D eigenvalue weighted by molar-refractivity contribution is 9.10. The van der Waals surface area contributed by atoms with E-state index >= 15 is 0 Å². The average Bonchev–Trinajstić information content (AvgIpc) is 3.18. The van der Waals surface area contributed by atoms with Crippen LogP contribution >= 0.6 is 39.3 Å². The summed E-state index contributed by atoms with van der Waals surface area (Å²) in [5.41, 5.74) is 1.63. The van der Waals surface area contributed by atoms with Crippen molar-refractivity contribution >= 4 is 73.8 Å². The van der Waals surface area contributed by atoms with Gasteiger partial charge in [-0.05, 0) is 72.3 Å². The molecule has 1 N–H and O–H groups in total. The summed E-state index contributed by atoms with van der Waals surface area (Å²) in [5, 5.41) is 13.2. The number of nitrogens with zero attached hydrogens (tertiary/aromatic N) is 2. The molecule has 0 aliphatic carbocycles. The van der Waals surface area contributed by atoms with Crippen molar-refractivity contribution in [3.05, 3.63) is 96.3 Å². The predicted octanol–water partition coefficient (Wildman–Crippen LogP) is 6.66. The molecule has 3 aromatic carbocycles. The maximum Gasteiger partial charge on any atom is 0.294 e. The summed E-state index contributed by atoms with van der Waals surface area (Å²) in [5.74, 6) is -0.357. The van der Waals surface area contributed by atoms with Crippen LogP contribution in [0.1, 0.15) is 18.1 Å². The summed E-state index contributed by atoms with van der Waals surface area (Å²) >= 11 is 10.3. The van der Waals surface area contributed by atoms with Crippen molar-refractivity contribution in [2.45, 2.75) is 13.5 Å². The van der Waals surface area contributed by atoms with Gasteiger partial charge in [-0.2, -0.15) is 0 Å². The van der Waals surface area contributed by atoms with Crippen LogP contribution in [0.5, 0.6) is 11.5 Å². The number of nitrogens with one attached hydrogen (secondary N) is 1. The number of rotatable bonds is 10. The molecular formula is C27H21BrClN3O7S. The second-order valence-corrected chi connectivity index (χ2v) is 10.5. The number of thioether (sulfide) groups is 1. The SMILES string of the molecule is CCOc1cc(/C=C2/SC(=O)N(CC(=O)Nc3ccccc3Cl)C2=O)c(Br)cc1OCc1ccc([N+](=O)[O-])cc1. The zero-order valence-corrected chi connectivity index (χ0v) is 24.0. The molecule has 1 saturated heterocycles. The fourth-order valence-electron chi connectivity index (χ4n) is 3.59. The third kappa shape index (κ3) is 7.00. The quantitative estimate of drug-likeness (QED) is 0.147. The monoisotopic (exact) mass is 645 g/mol. The summed E-state index contributed by atoms with van der Waals surface area (Å²) in [6, 6.07) is 16.0. The maximum atomic E-state index is 13.0. The number of halogens is 2. The van der Waals surface area contributed by atoms with Gasteiger partial charge in [-0.25, -0.2) is 0 Å². The number of imide groups is 1. The molecule has 0 radical (unpaired) electrons. The highest BCUT2D eigenvalue weighted by atomic mass is 79.9. The van der Waals surface area contributed by atoms with Crippen LogP contribution in [0.2, 0.25) is 5.02 Å². The van der Waals surface area contributed by atoms with Gasteiger partial charge in [0.25, 0.3) is 16.8 Å². The third-order valence-corrected chi connectivity index (χ3v) is 7.44. The molecule has 3 aromatic rings. The number of non-ortho nitro benzene ring substituents is 1. The van der Waals surface area contributed by atoms with Gasteiger partial charge >= 0.3 is 0 Å². The highest BCUT2D eigenvalue weighted by Crippen LogP contribution is 2.38. The molecule has 206 valence electrons. The van der Waals surface area contributed by atoms with E-state index in [2.05, 4.69) is 21.2 Å². The van der Waals surface area contributed by atoms with Crippen LogP contribution in [0.25, 0.3) is 6.08 Å². The van der Waals surface area contributed by atoms with Crippen LogP contribution in [0, 0.1) is 10.1 Å². The molecule has 0 spiro atoms. The van der Waals surface area contributed by atoms with E-state index in [0.717, 1.165) is 22.2 Å². The van der Waals surface area contributed by atoms with Gasteiger partial charge in [-0.1, -0.05) is 39.7 Å². The van der Waals surface area contributed by atoms with Gasteiger partial charge in [-0.15, -0.1) is 0 Å². The first-order valence-corrected chi connectivity index (χ1v) is 13.8. The van der Waals surface area contributed by atoms with Crippen molar-refractivity contribution in [1.29, 1.82) is 0 Å². The Bertz CT molecular complexity index is 1510. The van der Waals surface area contributed by atoms with E-state index in [-0.39, 0.29) is 17.2 Å². The molecule has 0 saturated carbocycles. The molecular weight excluding hydrogens is 626 g/mol. The minimum Gasteiger partial charge on any atom is -0.490 e. The normalized spacial score (nSPS) is 14.0. The fraction of sp³-hybridized carbons (Fsp3) is 0.148. The number of amides is 3. The van der Waals surface area contributed by atoms with Crippen LogP contribution in [0.3, 0.4) is 0 Å². The largest absolute Gasteiger partial charge is 0.490 e. The van der Waals surface area contributed by atoms with Crippen molar-refractivity contribution < 1.29 is 28.8 Å². The van der Waals surface area contributed by atoms with Gasteiger partial charge in [0, 0.05) is 16.6 Å². The first-order valence-electron chi connectivity index (χ1n) is 11.8. The molecule has 1 aliphatic rings.